The third-order valence-electron chi connectivity index (χ3n) is 9.63. The number of nitrogens with one attached hydrogen (secondary N) is 2. The first-order chi connectivity index (χ1) is 26.6. The van der Waals surface area contributed by atoms with Gasteiger partial charge in [-0.15, -0.1) is 0 Å². The highest BCUT2D eigenvalue weighted by Crippen LogP contribution is 2.40. The predicted octanol–water partition coefficient (Wildman–Crippen LogP) is 0.999. The van der Waals surface area contributed by atoms with E-state index in [1.807, 2.05) is 0 Å². The Bertz CT molecular complexity index is 1730. The Morgan fingerprint density at radius 2 is 1.04 bits per heavy atom. The minimum absolute atomic E-state index is 0.0890. The van der Waals surface area contributed by atoms with Gasteiger partial charge < -0.3 is 39.7 Å². The van der Waals surface area contributed by atoms with Gasteiger partial charge in [-0.1, -0.05) is 23.9 Å². The van der Waals surface area contributed by atoms with Gasteiger partial charge in [0.25, 0.3) is 11.4 Å². The molecule has 2 atom stereocenters. The number of carbonyl (C=O) groups excluding carboxylic acids is 4. The van der Waals surface area contributed by atoms with E-state index in [1.165, 1.54) is 48.6 Å². The van der Waals surface area contributed by atoms with Gasteiger partial charge in [0.15, 0.2) is 0 Å². The van der Waals surface area contributed by atoms with Crippen molar-refractivity contribution < 1.29 is 38.5 Å². The van der Waals surface area contributed by atoms with Gasteiger partial charge in [0, 0.05) is 89.7 Å². The zero-order chi connectivity index (χ0) is 38.9. The van der Waals surface area contributed by atoms with Gasteiger partial charge in [-0.25, -0.2) is 0 Å². The zero-order valence-corrected chi connectivity index (χ0v) is 30.8. The van der Waals surface area contributed by atoms with Gasteiger partial charge in [0.2, 0.25) is 23.6 Å². The summed E-state index contributed by atoms with van der Waals surface area (Å²) >= 11 is 0.855. The van der Waals surface area contributed by atoms with Crippen molar-refractivity contribution in [1.29, 1.82) is 0 Å². The standard InChI is InChI=1S/C36H42N8O10S/c45-33(41-11-9-37-27(23-41)35(47)39-13-17-53-18-14-39)7-3-25-1-5-31(29(21-25)43(49)50)55-32-6-2-26(22-30(32)44(51)52)4-8-34(46)42-12-10-38-28(24-42)36(48)40-15-19-54-20-16-40/h1-8,21-22,27-28,37-38H,9-20,23-24H2/b7-3+,8-4+. The summed E-state index contributed by atoms with van der Waals surface area (Å²) in [6.07, 6.45) is 5.53. The number of morpholine rings is 2. The van der Waals surface area contributed by atoms with E-state index in [4.69, 9.17) is 9.47 Å². The third kappa shape index (κ3) is 10.1. The molecule has 2 aromatic carbocycles. The van der Waals surface area contributed by atoms with Crippen molar-refractivity contribution in [2.24, 2.45) is 0 Å². The van der Waals surface area contributed by atoms with E-state index in [-0.39, 0.29) is 57.9 Å². The van der Waals surface area contributed by atoms with Crippen molar-refractivity contribution >= 4 is 58.9 Å². The van der Waals surface area contributed by atoms with Gasteiger partial charge in [0.1, 0.15) is 12.1 Å². The topological polar surface area (TPSA) is 210 Å². The number of amides is 4. The summed E-state index contributed by atoms with van der Waals surface area (Å²) < 4.78 is 10.6. The Labute approximate surface area is 320 Å². The van der Waals surface area contributed by atoms with E-state index < -0.39 is 21.9 Å². The molecule has 4 heterocycles. The normalized spacial score (nSPS) is 20.9. The van der Waals surface area contributed by atoms with Crippen molar-refractivity contribution in [3.8, 4) is 0 Å². The molecule has 4 fully saturated rings. The quantitative estimate of drug-likeness (QED) is 0.196. The number of benzene rings is 2. The first-order valence-corrected chi connectivity index (χ1v) is 18.8. The van der Waals surface area contributed by atoms with E-state index in [1.54, 1.807) is 31.7 Å². The monoisotopic (exact) mass is 778 g/mol. The highest BCUT2D eigenvalue weighted by Gasteiger charge is 2.32. The van der Waals surface area contributed by atoms with Crippen LogP contribution in [0.15, 0.2) is 58.3 Å². The molecule has 19 heteroatoms. The lowest BCUT2D eigenvalue weighted by atomic mass is 10.1. The Hall–Kier alpha value is -5.21. The summed E-state index contributed by atoms with van der Waals surface area (Å²) in [5.41, 5.74) is 0.147. The lowest BCUT2D eigenvalue weighted by Crippen LogP contribution is -2.59. The number of hydrogen-bond acceptors (Lipinski definition) is 13. The lowest BCUT2D eigenvalue weighted by molar-refractivity contribution is -0.388. The van der Waals surface area contributed by atoms with Crippen LogP contribution in [0.5, 0.6) is 0 Å². The number of ether oxygens (including phenoxy) is 2. The molecule has 0 aliphatic carbocycles. The molecule has 0 aromatic heterocycles. The Morgan fingerprint density at radius 3 is 1.42 bits per heavy atom. The van der Waals surface area contributed by atoms with Crippen LogP contribution in [0.25, 0.3) is 12.2 Å². The molecule has 4 saturated heterocycles. The average molecular weight is 779 g/mol. The second-order valence-corrected chi connectivity index (χ2v) is 14.3. The van der Waals surface area contributed by atoms with Crippen LogP contribution in [0.2, 0.25) is 0 Å². The summed E-state index contributed by atoms with van der Waals surface area (Å²) in [4.78, 5) is 81.8. The van der Waals surface area contributed by atoms with Crippen molar-refractivity contribution in [2.75, 3.05) is 91.9 Å². The number of nitro benzene ring substituents is 2. The number of nitrogens with zero attached hydrogens (tertiary/aromatic N) is 6. The molecule has 0 bridgehead atoms. The average Bonchev–Trinajstić information content (AvgIpc) is 3.22. The molecule has 4 aliphatic rings. The molecule has 2 aromatic rings. The Morgan fingerprint density at radius 1 is 0.636 bits per heavy atom. The number of nitro groups is 2. The highest BCUT2D eigenvalue weighted by atomic mass is 32.2. The van der Waals surface area contributed by atoms with E-state index >= 15 is 0 Å². The first kappa shape index (κ1) is 39.5. The summed E-state index contributed by atoms with van der Waals surface area (Å²) in [7, 11) is 0. The lowest BCUT2D eigenvalue weighted by Gasteiger charge is -2.36. The van der Waals surface area contributed by atoms with Crippen LogP contribution in [0.3, 0.4) is 0 Å². The minimum atomic E-state index is -0.594. The minimum Gasteiger partial charge on any atom is -0.378 e. The fraction of sp³-hybridized carbons (Fsp3) is 0.444. The molecule has 6 rings (SSSR count). The molecule has 292 valence electrons. The van der Waals surface area contributed by atoms with E-state index in [0.717, 1.165) is 11.8 Å². The molecule has 0 radical (unpaired) electrons. The number of piperazine rings is 2. The van der Waals surface area contributed by atoms with E-state index in [9.17, 15) is 39.4 Å². The molecular weight excluding hydrogens is 737 g/mol. The van der Waals surface area contributed by atoms with Crippen LogP contribution in [0.1, 0.15) is 11.1 Å². The third-order valence-corrected chi connectivity index (χ3v) is 10.8. The number of carbonyl (C=O) groups is 4. The first-order valence-electron chi connectivity index (χ1n) is 18.0. The van der Waals surface area contributed by atoms with Crippen molar-refractivity contribution in [2.45, 2.75) is 21.9 Å². The maximum atomic E-state index is 13.0. The predicted molar refractivity (Wildman–Crippen MR) is 200 cm³/mol. The van der Waals surface area contributed by atoms with Crippen molar-refractivity contribution in [3.63, 3.8) is 0 Å². The molecule has 2 unspecified atom stereocenters. The summed E-state index contributed by atoms with van der Waals surface area (Å²) in [5.74, 6) is -0.863. The molecular formula is C36H42N8O10S. The van der Waals surface area contributed by atoms with Crippen molar-refractivity contribution in [1.82, 2.24) is 30.2 Å². The van der Waals surface area contributed by atoms with Crippen LogP contribution < -0.4 is 10.6 Å². The van der Waals surface area contributed by atoms with E-state index in [2.05, 4.69) is 10.6 Å². The van der Waals surface area contributed by atoms with Gasteiger partial charge in [0.05, 0.1) is 46.1 Å². The molecule has 2 N–H and O–H groups in total. The molecule has 0 spiro atoms. The zero-order valence-electron chi connectivity index (χ0n) is 30.0. The van der Waals surface area contributed by atoms with Gasteiger partial charge in [-0.2, -0.15) is 0 Å². The van der Waals surface area contributed by atoms with Gasteiger partial charge in [-0.3, -0.25) is 39.4 Å². The fourth-order valence-electron chi connectivity index (χ4n) is 6.64. The maximum Gasteiger partial charge on any atom is 0.283 e. The highest BCUT2D eigenvalue weighted by molar-refractivity contribution is 7.99. The van der Waals surface area contributed by atoms with Crippen LogP contribution in [-0.4, -0.2) is 157 Å². The van der Waals surface area contributed by atoms with Crippen LogP contribution >= 0.6 is 11.8 Å². The van der Waals surface area contributed by atoms with Gasteiger partial charge in [-0.05, 0) is 35.4 Å². The van der Waals surface area contributed by atoms with Crippen LogP contribution in [-0.2, 0) is 28.7 Å². The maximum absolute atomic E-state index is 13.0. The molecule has 4 aliphatic heterocycles. The van der Waals surface area contributed by atoms with Crippen LogP contribution in [0.4, 0.5) is 11.4 Å². The number of hydrogen-bond donors (Lipinski definition) is 2. The summed E-state index contributed by atoms with van der Waals surface area (Å²) in [5, 5.41) is 30.5. The molecule has 0 saturated carbocycles. The largest absolute Gasteiger partial charge is 0.378 e. The fourth-order valence-corrected chi connectivity index (χ4v) is 7.62. The summed E-state index contributed by atoms with van der Waals surface area (Å²) in [6.45, 7) is 5.91. The van der Waals surface area contributed by atoms with Crippen LogP contribution in [0, 0.1) is 20.2 Å². The van der Waals surface area contributed by atoms with Gasteiger partial charge >= 0.3 is 0 Å². The Balaban J connectivity index is 1.08. The number of rotatable bonds is 10. The SMILES string of the molecule is O=C(/C=C/c1ccc(Sc2ccc(/C=C/C(=O)N3CCNC(C(=O)N4CCOCC4)C3)cc2[N+](=O)[O-])c([N+](=O)[O-])c1)N1CCNC(C(=O)N2CCOCC2)C1. The summed E-state index contributed by atoms with van der Waals surface area (Å²) in [6, 6.07) is 7.59. The molecule has 4 amide bonds. The smallest absolute Gasteiger partial charge is 0.283 e. The second-order valence-electron chi connectivity index (χ2n) is 13.2. The Kier molecular flexibility index (Phi) is 13.2. The molecule has 18 nitrogen and oxygen atoms in total. The van der Waals surface area contributed by atoms with E-state index in [0.29, 0.717) is 89.9 Å². The van der Waals surface area contributed by atoms with Crippen molar-refractivity contribution in [3.05, 3.63) is 79.9 Å². The second kappa shape index (κ2) is 18.4. The molecule has 55 heavy (non-hydrogen) atoms.